The van der Waals surface area contributed by atoms with Crippen molar-refractivity contribution in [1.29, 1.82) is 0 Å². The molecule has 7 nitrogen and oxygen atoms in total. The van der Waals surface area contributed by atoms with E-state index in [1.165, 1.54) is 4.90 Å². The molecule has 1 unspecified atom stereocenters. The minimum Gasteiger partial charge on any atom is -0.350 e. The van der Waals surface area contributed by atoms with E-state index in [1.54, 1.807) is 13.0 Å². The molecule has 0 aromatic heterocycles. The summed E-state index contributed by atoms with van der Waals surface area (Å²) in [6, 6.07) is 13.9. The summed E-state index contributed by atoms with van der Waals surface area (Å²) in [5.74, 6) is -0.759. The molecule has 0 aliphatic carbocycles. The summed E-state index contributed by atoms with van der Waals surface area (Å²) in [6.45, 7) is 10.8. The molecule has 0 bridgehead atoms. The maximum absolute atomic E-state index is 13.5. The van der Waals surface area contributed by atoms with Crippen molar-refractivity contribution < 1.29 is 18.0 Å². The maximum atomic E-state index is 13.5. The Morgan fingerprint density at radius 2 is 1.64 bits per heavy atom. The Morgan fingerprint density at radius 3 is 2.15 bits per heavy atom. The third-order valence-corrected chi connectivity index (χ3v) is 6.29. The standard InChI is InChI=1S/C25H35N3O4S/c1-18-13-14-22(19(2)15-18)28(33(7,31)32)17-23(29)27(16-21-11-9-8-10-12-21)20(3)24(30)26-25(4,5)6/h8-15,20H,16-17H2,1-7H3,(H,26,30). The number of nitrogens with zero attached hydrogens (tertiary/aromatic N) is 2. The number of rotatable bonds is 8. The van der Waals surface area contributed by atoms with Crippen LogP contribution in [0.25, 0.3) is 0 Å². The van der Waals surface area contributed by atoms with Crippen molar-refractivity contribution in [3.05, 3.63) is 65.2 Å². The Kier molecular flexibility index (Phi) is 8.30. The van der Waals surface area contributed by atoms with E-state index >= 15 is 0 Å². The molecule has 0 aliphatic rings. The Bertz CT molecular complexity index is 1090. The van der Waals surface area contributed by atoms with Crippen molar-refractivity contribution in [1.82, 2.24) is 10.2 Å². The van der Waals surface area contributed by atoms with Crippen LogP contribution in [0, 0.1) is 13.8 Å². The topological polar surface area (TPSA) is 86.8 Å². The molecule has 1 atom stereocenters. The molecule has 33 heavy (non-hydrogen) atoms. The van der Waals surface area contributed by atoms with E-state index in [0.717, 1.165) is 27.3 Å². The molecule has 2 amide bonds. The summed E-state index contributed by atoms with van der Waals surface area (Å²) >= 11 is 0. The van der Waals surface area contributed by atoms with Gasteiger partial charge in [-0.05, 0) is 58.7 Å². The van der Waals surface area contributed by atoms with Crippen LogP contribution in [-0.4, -0.2) is 49.5 Å². The highest BCUT2D eigenvalue weighted by molar-refractivity contribution is 7.92. The normalized spacial score (nSPS) is 12.7. The first kappa shape index (κ1) is 26.4. The summed E-state index contributed by atoms with van der Waals surface area (Å²) in [5.41, 5.74) is 2.57. The lowest BCUT2D eigenvalue weighted by atomic mass is 10.1. The number of nitrogens with one attached hydrogen (secondary N) is 1. The number of carbonyl (C=O) groups excluding carboxylic acids is 2. The minimum atomic E-state index is -3.74. The third kappa shape index (κ3) is 7.60. The van der Waals surface area contributed by atoms with Crippen LogP contribution in [0.2, 0.25) is 0 Å². The molecule has 1 N–H and O–H groups in total. The molecule has 0 saturated carbocycles. The van der Waals surface area contributed by atoms with Crippen LogP contribution in [0.1, 0.15) is 44.4 Å². The first-order chi connectivity index (χ1) is 15.2. The van der Waals surface area contributed by atoms with Crippen molar-refractivity contribution in [2.24, 2.45) is 0 Å². The zero-order chi connectivity index (χ0) is 25.0. The highest BCUT2D eigenvalue weighted by Crippen LogP contribution is 2.24. The fourth-order valence-electron chi connectivity index (χ4n) is 3.52. The van der Waals surface area contributed by atoms with E-state index in [2.05, 4.69) is 5.32 Å². The Labute approximate surface area is 197 Å². The Balaban J connectivity index is 2.41. The second-order valence-corrected chi connectivity index (χ2v) is 11.4. The molecule has 8 heteroatoms. The van der Waals surface area contributed by atoms with E-state index in [0.29, 0.717) is 5.69 Å². The van der Waals surface area contributed by atoms with Gasteiger partial charge >= 0.3 is 0 Å². The lowest BCUT2D eigenvalue weighted by molar-refractivity contribution is -0.140. The highest BCUT2D eigenvalue weighted by atomic mass is 32.2. The van der Waals surface area contributed by atoms with Gasteiger partial charge in [-0.2, -0.15) is 0 Å². The molecular weight excluding hydrogens is 438 g/mol. The van der Waals surface area contributed by atoms with Gasteiger partial charge in [0.05, 0.1) is 11.9 Å². The number of hydrogen-bond acceptors (Lipinski definition) is 4. The van der Waals surface area contributed by atoms with E-state index in [4.69, 9.17) is 0 Å². The number of anilines is 1. The summed E-state index contributed by atoms with van der Waals surface area (Å²) in [6.07, 6.45) is 1.08. The van der Waals surface area contributed by atoms with Crippen LogP contribution in [-0.2, 0) is 26.2 Å². The molecule has 0 saturated heterocycles. The fraction of sp³-hybridized carbons (Fsp3) is 0.440. The zero-order valence-corrected chi connectivity index (χ0v) is 21.4. The van der Waals surface area contributed by atoms with Gasteiger partial charge in [0.1, 0.15) is 12.6 Å². The minimum absolute atomic E-state index is 0.183. The van der Waals surface area contributed by atoms with E-state index < -0.39 is 34.1 Å². The number of carbonyl (C=O) groups is 2. The van der Waals surface area contributed by atoms with Gasteiger partial charge in [0.25, 0.3) is 0 Å². The van der Waals surface area contributed by atoms with Crippen LogP contribution in [0.3, 0.4) is 0 Å². The molecule has 2 aromatic rings. The van der Waals surface area contributed by atoms with Gasteiger partial charge in [-0.15, -0.1) is 0 Å². The number of sulfonamides is 1. The summed E-state index contributed by atoms with van der Waals surface area (Å²) in [7, 11) is -3.74. The number of benzene rings is 2. The van der Waals surface area contributed by atoms with Gasteiger partial charge in [0.2, 0.25) is 21.8 Å². The SMILES string of the molecule is Cc1ccc(N(CC(=O)N(Cc2ccccc2)C(C)C(=O)NC(C)(C)C)S(C)(=O)=O)c(C)c1. The Morgan fingerprint density at radius 1 is 1.03 bits per heavy atom. The van der Waals surface area contributed by atoms with Gasteiger partial charge in [0.15, 0.2) is 0 Å². The molecule has 0 radical (unpaired) electrons. The number of hydrogen-bond donors (Lipinski definition) is 1. The van der Waals surface area contributed by atoms with E-state index in [9.17, 15) is 18.0 Å². The van der Waals surface area contributed by atoms with Crippen LogP contribution >= 0.6 is 0 Å². The number of amides is 2. The van der Waals surface area contributed by atoms with Crippen molar-refractivity contribution in [2.45, 2.75) is 59.7 Å². The predicted molar refractivity (Wildman–Crippen MR) is 132 cm³/mol. The first-order valence-corrected chi connectivity index (χ1v) is 12.7. The molecule has 0 heterocycles. The lowest BCUT2D eigenvalue weighted by Crippen LogP contribution is -2.54. The smallest absolute Gasteiger partial charge is 0.244 e. The van der Waals surface area contributed by atoms with Gasteiger partial charge < -0.3 is 10.2 Å². The van der Waals surface area contributed by atoms with E-state index in [1.807, 2.05) is 77.1 Å². The van der Waals surface area contributed by atoms with Crippen molar-refractivity contribution in [2.75, 3.05) is 17.1 Å². The van der Waals surface area contributed by atoms with Crippen LogP contribution in [0.4, 0.5) is 5.69 Å². The van der Waals surface area contributed by atoms with Gasteiger partial charge in [-0.1, -0.05) is 48.0 Å². The molecule has 0 spiro atoms. The van der Waals surface area contributed by atoms with Crippen molar-refractivity contribution >= 4 is 27.5 Å². The fourth-order valence-corrected chi connectivity index (χ4v) is 4.42. The average molecular weight is 474 g/mol. The quantitative estimate of drug-likeness (QED) is 0.637. The van der Waals surface area contributed by atoms with E-state index in [-0.39, 0.29) is 12.5 Å². The second-order valence-electron chi connectivity index (χ2n) is 9.48. The lowest BCUT2D eigenvalue weighted by Gasteiger charge is -2.33. The number of aryl methyl sites for hydroxylation is 2. The highest BCUT2D eigenvalue weighted by Gasteiger charge is 2.31. The first-order valence-electron chi connectivity index (χ1n) is 10.9. The summed E-state index contributed by atoms with van der Waals surface area (Å²) < 4.78 is 26.4. The molecule has 180 valence electrons. The van der Waals surface area contributed by atoms with Gasteiger partial charge in [0, 0.05) is 12.1 Å². The summed E-state index contributed by atoms with van der Waals surface area (Å²) in [4.78, 5) is 27.8. The monoisotopic (exact) mass is 473 g/mol. The second kappa shape index (κ2) is 10.4. The van der Waals surface area contributed by atoms with Crippen LogP contribution in [0.15, 0.2) is 48.5 Å². The predicted octanol–water partition coefficient (Wildman–Crippen LogP) is 3.40. The van der Waals surface area contributed by atoms with Crippen LogP contribution in [0.5, 0.6) is 0 Å². The molecular formula is C25H35N3O4S. The van der Waals surface area contributed by atoms with Gasteiger partial charge in [-0.3, -0.25) is 13.9 Å². The molecule has 2 rings (SSSR count). The van der Waals surface area contributed by atoms with Crippen LogP contribution < -0.4 is 9.62 Å². The summed E-state index contributed by atoms with van der Waals surface area (Å²) in [5, 5.41) is 2.91. The molecule has 0 fully saturated rings. The van der Waals surface area contributed by atoms with Gasteiger partial charge in [-0.25, -0.2) is 8.42 Å². The average Bonchev–Trinajstić information content (AvgIpc) is 2.69. The zero-order valence-electron chi connectivity index (χ0n) is 20.5. The third-order valence-electron chi connectivity index (χ3n) is 5.16. The Hall–Kier alpha value is -2.87. The molecule has 0 aliphatic heterocycles. The van der Waals surface area contributed by atoms with Crippen molar-refractivity contribution in [3.63, 3.8) is 0 Å². The van der Waals surface area contributed by atoms with Crippen molar-refractivity contribution in [3.8, 4) is 0 Å². The maximum Gasteiger partial charge on any atom is 0.244 e. The molecule has 2 aromatic carbocycles. The largest absolute Gasteiger partial charge is 0.350 e.